The van der Waals surface area contributed by atoms with Gasteiger partial charge in [0.15, 0.2) is 5.75 Å². The first-order chi connectivity index (χ1) is 14.6. The molecule has 0 aromatic heterocycles. The molecule has 0 aliphatic carbocycles. The fourth-order valence-electron chi connectivity index (χ4n) is 2.45. The van der Waals surface area contributed by atoms with Gasteiger partial charge < -0.3 is 4.84 Å². The van der Waals surface area contributed by atoms with Crippen LogP contribution in [0.1, 0.15) is 11.1 Å². The summed E-state index contributed by atoms with van der Waals surface area (Å²) in [6.45, 7) is 0. The van der Waals surface area contributed by atoms with E-state index in [0.29, 0.717) is 10.6 Å². The van der Waals surface area contributed by atoms with E-state index < -0.39 is 27.0 Å². The lowest BCUT2D eigenvalue weighted by Gasteiger charge is -2.16. The molecule has 162 valence electrons. The molecule has 0 heterocycles. The number of halogens is 5. The van der Waals surface area contributed by atoms with Gasteiger partial charge in [-0.25, -0.2) is 4.39 Å². The van der Waals surface area contributed by atoms with Crippen molar-refractivity contribution in [2.45, 2.75) is 5.51 Å². The zero-order valence-corrected chi connectivity index (χ0v) is 17.0. The van der Waals surface area contributed by atoms with Gasteiger partial charge >= 0.3 is 15.5 Å². The molecule has 5 nitrogen and oxygen atoms in total. The van der Waals surface area contributed by atoms with Gasteiger partial charge in [0.1, 0.15) is 11.5 Å². The number of nitrogens with zero attached hydrogens (tertiary/aromatic N) is 1. The van der Waals surface area contributed by atoms with Gasteiger partial charge in [-0.1, -0.05) is 47.1 Å². The van der Waals surface area contributed by atoms with Gasteiger partial charge in [-0.3, -0.25) is 4.72 Å². The summed E-state index contributed by atoms with van der Waals surface area (Å²) in [5, 5.41) is 4.39. The Balaban J connectivity index is 2.12. The normalized spacial score (nSPS) is 12.5. The van der Waals surface area contributed by atoms with Crippen LogP contribution >= 0.6 is 11.6 Å². The molecule has 0 atom stereocenters. The van der Waals surface area contributed by atoms with Crippen molar-refractivity contribution in [2.24, 2.45) is 5.16 Å². The van der Waals surface area contributed by atoms with Crippen molar-refractivity contribution in [3.8, 4) is 5.75 Å². The van der Waals surface area contributed by atoms with Crippen molar-refractivity contribution in [2.75, 3.05) is 4.72 Å². The molecule has 0 bridgehead atoms. The largest absolute Gasteiger partial charge is 0.516 e. The molecule has 0 aliphatic rings. The highest BCUT2D eigenvalue weighted by molar-refractivity contribution is 7.93. The Morgan fingerprint density at radius 3 is 2.23 bits per heavy atom. The second kappa shape index (κ2) is 8.94. The molecule has 0 saturated carbocycles. The molecule has 0 unspecified atom stereocenters. The zero-order chi connectivity index (χ0) is 22.6. The minimum Gasteiger partial charge on any atom is -0.356 e. The number of anilines is 1. The fraction of sp³-hybridized carbons (Fsp3) is 0.0500. The predicted molar refractivity (Wildman–Crippen MR) is 109 cm³/mol. The molecule has 3 aromatic carbocycles. The number of rotatable bonds is 6. The topological polar surface area (TPSA) is 67.8 Å². The molecule has 0 radical (unpaired) electrons. The van der Waals surface area contributed by atoms with Gasteiger partial charge in [0.2, 0.25) is 0 Å². The summed E-state index contributed by atoms with van der Waals surface area (Å²) in [6, 6.07) is 16.6. The van der Waals surface area contributed by atoms with Crippen LogP contribution in [0.3, 0.4) is 0 Å². The van der Waals surface area contributed by atoms with E-state index in [1.165, 1.54) is 29.0 Å². The summed E-state index contributed by atoms with van der Waals surface area (Å²) < 4.78 is 77.3. The van der Waals surface area contributed by atoms with Crippen molar-refractivity contribution in [1.29, 1.82) is 0 Å². The Hall–Kier alpha value is -3.11. The van der Waals surface area contributed by atoms with Gasteiger partial charge in [-0.15, -0.1) is 0 Å². The highest BCUT2D eigenvalue weighted by Crippen LogP contribution is 2.29. The van der Waals surface area contributed by atoms with E-state index in [2.05, 4.69) is 5.16 Å². The number of hydrogen-bond acceptors (Lipinski definition) is 4. The molecule has 31 heavy (non-hydrogen) atoms. The summed E-state index contributed by atoms with van der Waals surface area (Å²) in [4.78, 5) is 5.33. The Morgan fingerprint density at radius 2 is 1.61 bits per heavy atom. The third-order valence-electron chi connectivity index (χ3n) is 3.89. The standard InChI is InChI=1S/C20H13ClF4N2O3S/c21-14-6-9-16(10-7-14)30-26-19(13-4-2-1-3-5-13)17-12-15(22)8-11-18(17)27-31(28,29)20(23,24)25/h1-12,27H. The monoisotopic (exact) mass is 472 g/mol. The molecular formula is C20H13ClF4N2O3S. The second-order valence-electron chi connectivity index (χ2n) is 6.09. The molecule has 1 N–H and O–H groups in total. The molecule has 3 aromatic rings. The summed E-state index contributed by atoms with van der Waals surface area (Å²) in [6.07, 6.45) is 0. The fourth-order valence-corrected chi connectivity index (χ4v) is 3.16. The third-order valence-corrected chi connectivity index (χ3v) is 5.24. The first-order valence-electron chi connectivity index (χ1n) is 8.52. The Kier molecular flexibility index (Phi) is 6.51. The average molecular weight is 473 g/mol. The van der Waals surface area contributed by atoms with Crippen LogP contribution in [-0.2, 0) is 10.0 Å². The second-order valence-corrected chi connectivity index (χ2v) is 8.20. The number of oxime groups is 1. The maximum atomic E-state index is 14.0. The first kappa shape index (κ1) is 22.6. The van der Waals surface area contributed by atoms with Crippen molar-refractivity contribution in [3.05, 3.63) is 94.8 Å². The van der Waals surface area contributed by atoms with Crippen molar-refractivity contribution in [3.63, 3.8) is 0 Å². The minimum absolute atomic E-state index is 0.102. The first-order valence-corrected chi connectivity index (χ1v) is 10.4. The Bertz CT molecular complexity index is 1200. The van der Waals surface area contributed by atoms with Crippen molar-refractivity contribution in [1.82, 2.24) is 0 Å². The van der Waals surface area contributed by atoms with E-state index in [1.807, 2.05) is 0 Å². The lowest BCUT2D eigenvalue weighted by Crippen LogP contribution is -2.30. The average Bonchev–Trinajstić information content (AvgIpc) is 2.71. The molecule has 0 saturated heterocycles. The molecular weight excluding hydrogens is 460 g/mol. The maximum absolute atomic E-state index is 14.0. The summed E-state index contributed by atoms with van der Waals surface area (Å²) in [5.41, 5.74) is -6.11. The lowest BCUT2D eigenvalue weighted by atomic mass is 10.0. The highest BCUT2D eigenvalue weighted by atomic mass is 35.5. The van der Waals surface area contributed by atoms with E-state index in [9.17, 15) is 26.0 Å². The van der Waals surface area contributed by atoms with E-state index in [-0.39, 0.29) is 17.0 Å². The van der Waals surface area contributed by atoms with Crippen LogP contribution in [0.25, 0.3) is 0 Å². The van der Waals surface area contributed by atoms with Crippen molar-refractivity contribution < 1.29 is 30.8 Å². The van der Waals surface area contributed by atoms with Gasteiger partial charge in [-0.05, 0) is 42.5 Å². The Morgan fingerprint density at radius 1 is 0.968 bits per heavy atom. The van der Waals surface area contributed by atoms with Gasteiger partial charge in [0.25, 0.3) is 0 Å². The smallest absolute Gasteiger partial charge is 0.356 e. The number of sulfonamides is 1. The molecule has 0 amide bonds. The molecule has 3 rings (SSSR count). The van der Waals surface area contributed by atoms with Gasteiger partial charge in [-0.2, -0.15) is 21.6 Å². The van der Waals surface area contributed by atoms with E-state index in [4.69, 9.17) is 16.4 Å². The molecule has 0 fully saturated rings. The maximum Gasteiger partial charge on any atom is 0.516 e. The van der Waals surface area contributed by atoms with Crippen LogP contribution in [0.15, 0.2) is 78.0 Å². The number of benzene rings is 3. The van der Waals surface area contributed by atoms with Crippen LogP contribution in [0.5, 0.6) is 5.75 Å². The van der Waals surface area contributed by atoms with E-state index in [0.717, 1.165) is 18.2 Å². The number of nitrogens with one attached hydrogen (secondary N) is 1. The van der Waals surface area contributed by atoms with Crippen LogP contribution in [0.4, 0.5) is 23.2 Å². The van der Waals surface area contributed by atoms with Gasteiger partial charge in [0, 0.05) is 16.1 Å². The van der Waals surface area contributed by atoms with Gasteiger partial charge in [0.05, 0.1) is 5.69 Å². The minimum atomic E-state index is -5.76. The van der Waals surface area contributed by atoms with Crippen LogP contribution < -0.4 is 9.56 Å². The lowest BCUT2D eigenvalue weighted by molar-refractivity contribution is -0.0429. The zero-order valence-electron chi connectivity index (χ0n) is 15.4. The molecule has 0 spiro atoms. The van der Waals surface area contributed by atoms with E-state index >= 15 is 0 Å². The summed E-state index contributed by atoms with van der Waals surface area (Å²) in [5.74, 6) is -0.577. The summed E-state index contributed by atoms with van der Waals surface area (Å²) >= 11 is 5.81. The predicted octanol–water partition coefficient (Wildman–Crippen LogP) is 5.57. The van der Waals surface area contributed by atoms with Crippen molar-refractivity contribution >= 4 is 33.0 Å². The SMILES string of the molecule is O=S(=O)(Nc1ccc(F)cc1C(=NOc1ccc(Cl)cc1)c1ccccc1)C(F)(F)F. The van der Waals surface area contributed by atoms with Crippen LogP contribution in [-0.4, -0.2) is 19.6 Å². The summed E-state index contributed by atoms with van der Waals surface area (Å²) in [7, 11) is -5.76. The molecule has 11 heteroatoms. The van der Waals surface area contributed by atoms with Crippen LogP contribution in [0, 0.1) is 5.82 Å². The Labute approximate surface area is 180 Å². The van der Waals surface area contributed by atoms with Crippen LogP contribution in [0.2, 0.25) is 5.02 Å². The molecule has 0 aliphatic heterocycles. The van der Waals surface area contributed by atoms with E-state index in [1.54, 1.807) is 30.3 Å². The number of hydrogen-bond donors (Lipinski definition) is 1. The highest BCUT2D eigenvalue weighted by Gasteiger charge is 2.46. The number of alkyl halides is 3. The third kappa shape index (κ3) is 5.53. The quantitative estimate of drug-likeness (QED) is 0.289.